The van der Waals surface area contributed by atoms with Gasteiger partial charge in [0.2, 0.25) is 0 Å². The first-order chi connectivity index (χ1) is 26.8. The fourth-order valence-electron chi connectivity index (χ4n) is 8.37. The van der Waals surface area contributed by atoms with E-state index in [-0.39, 0.29) is 0 Å². The van der Waals surface area contributed by atoms with E-state index in [4.69, 9.17) is 4.42 Å². The van der Waals surface area contributed by atoms with Crippen LogP contribution < -0.4 is 4.90 Å². The molecule has 11 aromatic rings. The van der Waals surface area contributed by atoms with Gasteiger partial charge in [0.15, 0.2) is 11.2 Å². The smallest absolute Gasteiger partial charge is 0.161 e. The molecule has 0 atom stereocenters. The molecule has 11 rings (SSSR count). The lowest BCUT2D eigenvalue weighted by Gasteiger charge is -2.26. The Morgan fingerprint density at radius 2 is 0.870 bits per heavy atom. The monoisotopic (exact) mass is 688 g/mol. The van der Waals surface area contributed by atoms with Gasteiger partial charge in [-0.25, -0.2) is 0 Å². The van der Waals surface area contributed by atoms with E-state index in [1.54, 1.807) is 0 Å². The van der Waals surface area contributed by atoms with Crippen molar-refractivity contribution in [3.63, 3.8) is 0 Å². The molecule has 0 saturated carbocycles. The van der Waals surface area contributed by atoms with E-state index < -0.39 is 0 Å². The van der Waals surface area contributed by atoms with Gasteiger partial charge in [-0.1, -0.05) is 127 Å². The van der Waals surface area contributed by atoms with Gasteiger partial charge < -0.3 is 9.32 Å². The maximum atomic E-state index is 6.57. The lowest BCUT2D eigenvalue weighted by molar-refractivity contribution is 0.668. The van der Waals surface area contributed by atoms with Crippen LogP contribution in [0.5, 0.6) is 0 Å². The number of hydrogen-bond acceptors (Lipinski definition) is 3. The van der Waals surface area contributed by atoms with Gasteiger partial charge in [-0.15, -0.1) is 0 Å². The fraction of sp³-hybridized carbons (Fsp3) is 0. The van der Waals surface area contributed by atoms with E-state index in [9.17, 15) is 0 Å². The second kappa shape index (κ2) is 12.2. The van der Waals surface area contributed by atoms with Crippen LogP contribution >= 0.6 is 0 Å². The Kier molecular flexibility index (Phi) is 6.86. The van der Waals surface area contributed by atoms with Crippen LogP contribution in [0.3, 0.4) is 0 Å². The predicted octanol–water partition coefficient (Wildman–Crippen LogP) is 14.4. The molecule has 9 aromatic carbocycles. The van der Waals surface area contributed by atoms with Crippen LogP contribution in [0.2, 0.25) is 0 Å². The lowest BCUT2D eigenvalue weighted by atomic mass is 9.93. The highest BCUT2D eigenvalue weighted by Gasteiger charge is 2.20. The Morgan fingerprint density at radius 1 is 0.389 bits per heavy atom. The number of para-hydroxylation sites is 1. The molecule has 0 aliphatic carbocycles. The van der Waals surface area contributed by atoms with E-state index in [0.717, 1.165) is 39.1 Å². The SMILES string of the molecule is c1ccc2c(c1)cc(-c1ccc(N(c3ccc(-c4cc5ccccc5c5ccccc45)cc3)c3cccc4c3oc3cccnc34)cc1)c1ccccc12. The summed E-state index contributed by atoms with van der Waals surface area (Å²) in [5.74, 6) is 0. The molecule has 0 saturated heterocycles. The van der Waals surface area contributed by atoms with E-state index in [1.807, 2.05) is 18.3 Å². The minimum Gasteiger partial charge on any atom is -0.452 e. The van der Waals surface area contributed by atoms with E-state index in [1.165, 1.54) is 65.3 Å². The van der Waals surface area contributed by atoms with Crippen LogP contribution in [-0.4, -0.2) is 4.98 Å². The molecule has 3 nitrogen and oxygen atoms in total. The average molecular weight is 689 g/mol. The van der Waals surface area contributed by atoms with E-state index in [0.29, 0.717) is 0 Å². The Bertz CT molecular complexity index is 3050. The van der Waals surface area contributed by atoms with Crippen LogP contribution in [0.1, 0.15) is 0 Å². The Morgan fingerprint density at radius 3 is 1.43 bits per heavy atom. The summed E-state index contributed by atoms with van der Waals surface area (Å²) < 4.78 is 6.57. The molecule has 0 fully saturated rings. The van der Waals surface area contributed by atoms with Crippen molar-refractivity contribution in [1.82, 2.24) is 4.98 Å². The van der Waals surface area contributed by atoms with Crippen molar-refractivity contribution in [1.29, 1.82) is 0 Å². The summed E-state index contributed by atoms with van der Waals surface area (Å²) >= 11 is 0. The number of nitrogens with zero attached hydrogens (tertiary/aromatic N) is 2. The molecule has 0 unspecified atom stereocenters. The maximum absolute atomic E-state index is 6.57. The Hall–Kier alpha value is -7.23. The molecular weight excluding hydrogens is 657 g/mol. The standard InChI is InChI=1S/C51H32N2O/c1-3-13-39-35(11-1)31-46(43-17-7-5-15-41(39)43)33-22-26-37(27-23-33)53(48-20-9-19-45-50-49(54-51(45)48)21-10-30-52-50)38-28-24-34(25-29-38)47-32-36-12-2-4-14-40(36)42-16-6-8-18-44(42)47/h1-32H. The average Bonchev–Trinajstić information content (AvgIpc) is 3.63. The molecular formula is C51H32N2O. The summed E-state index contributed by atoms with van der Waals surface area (Å²) in [5.41, 5.74) is 10.3. The highest BCUT2D eigenvalue weighted by molar-refractivity contribution is 6.15. The first kappa shape index (κ1) is 30.4. The van der Waals surface area contributed by atoms with Crippen molar-refractivity contribution in [3.8, 4) is 22.3 Å². The van der Waals surface area contributed by atoms with Crippen LogP contribution in [0, 0.1) is 0 Å². The Labute approximate surface area is 312 Å². The quantitative estimate of drug-likeness (QED) is 0.169. The summed E-state index contributed by atoms with van der Waals surface area (Å²) in [7, 11) is 0. The second-order valence-corrected chi connectivity index (χ2v) is 13.9. The van der Waals surface area contributed by atoms with Crippen molar-refractivity contribution >= 4 is 82.2 Å². The molecule has 0 amide bonds. The molecule has 0 bridgehead atoms. The van der Waals surface area contributed by atoms with Gasteiger partial charge in [-0.2, -0.15) is 0 Å². The minimum atomic E-state index is 0.775. The number of aromatic nitrogens is 1. The van der Waals surface area contributed by atoms with Gasteiger partial charge in [-0.05, 0) is 126 Å². The molecule has 0 spiro atoms. The molecule has 2 aromatic heterocycles. The zero-order chi connectivity index (χ0) is 35.6. The Balaban J connectivity index is 1.08. The number of benzene rings is 9. The number of pyridine rings is 1. The lowest BCUT2D eigenvalue weighted by Crippen LogP contribution is -2.10. The molecule has 54 heavy (non-hydrogen) atoms. The summed E-state index contributed by atoms with van der Waals surface area (Å²) in [4.78, 5) is 6.99. The summed E-state index contributed by atoms with van der Waals surface area (Å²) in [5, 5.41) is 11.0. The number of furan rings is 1. The molecule has 0 aliphatic heterocycles. The van der Waals surface area contributed by atoms with Crippen LogP contribution in [0.4, 0.5) is 17.1 Å². The van der Waals surface area contributed by atoms with E-state index >= 15 is 0 Å². The van der Waals surface area contributed by atoms with Crippen molar-refractivity contribution in [2.24, 2.45) is 0 Å². The zero-order valence-corrected chi connectivity index (χ0v) is 29.3. The largest absolute Gasteiger partial charge is 0.452 e. The van der Waals surface area contributed by atoms with E-state index in [2.05, 4.69) is 186 Å². The third kappa shape index (κ3) is 4.79. The van der Waals surface area contributed by atoms with Gasteiger partial charge in [0.1, 0.15) is 5.52 Å². The molecule has 252 valence electrons. The maximum Gasteiger partial charge on any atom is 0.161 e. The van der Waals surface area contributed by atoms with Crippen LogP contribution in [-0.2, 0) is 0 Å². The molecule has 3 heteroatoms. The molecule has 0 N–H and O–H groups in total. The van der Waals surface area contributed by atoms with Crippen molar-refractivity contribution in [2.45, 2.75) is 0 Å². The first-order valence-electron chi connectivity index (χ1n) is 18.4. The third-order valence-electron chi connectivity index (χ3n) is 10.9. The van der Waals surface area contributed by atoms with Crippen LogP contribution in [0.15, 0.2) is 199 Å². The minimum absolute atomic E-state index is 0.775. The normalized spacial score (nSPS) is 11.7. The highest BCUT2D eigenvalue weighted by Crippen LogP contribution is 2.44. The molecule has 0 radical (unpaired) electrons. The van der Waals surface area contributed by atoms with Crippen molar-refractivity contribution < 1.29 is 4.42 Å². The predicted molar refractivity (Wildman–Crippen MR) is 227 cm³/mol. The van der Waals surface area contributed by atoms with Crippen LogP contribution in [0.25, 0.3) is 87.4 Å². The summed E-state index contributed by atoms with van der Waals surface area (Å²) in [6.07, 6.45) is 1.83. The van der Waals surface area contributed by atoms with Gasteiger partial charge >= 0.3 is 0 Å². The van der Waals surface area contributed by atoms with Gasteiger partial charge in [0.25, 0.3) is 0 Å². The topological polar surface area (TPSA) is 29.3 Å². The zero-order valence-electron chi connectivity index (χ0n) is 29.3. The number of fused-ring (bicyclic) bond motifs is 9. The van der Waals surface area contributed by atoms with Crippen molar-refractivity contribution in [2.75, 3.05) is 4.90 Å². The fourth-order valence-corrected chi connectivity index (χ4v) is 8.37. The second-order valence-electron chi connectivity index (χ2n) is 13.9. The number of rotatable bonds is 5. The number of hydrogen-bond donors (Lipinski definition) is 0. The van der Waals surface area contributed by atoms with Gasteiger partial charge in [0.05, 0.1) is 5.69 Å². The van der Waals surface area contributed by atoms with Gasteiger partial charge in [0, 0.05) is 23.0 Å². The molecule has 2 heterocycles. The third-order valence-corrected chi connectivity index (χ3v) is 10.9. The van der Waals surface area contributed by atoms with Crippen molar-refractivity contribution in [3.05, 3.63) is 194 Å². The summed E-state index contributed by atoms with van der Waals surface area (Å²) in [6, 6.07) is 67.5. The highest BCUT2D eigenvalue weighted by atomic mass is 16.3. The van der Waals surface area contributed by atoms with Gasteiger partial charge in [-0.3, -0.25) is 4.98 Å². The number of anilines is 3. The molecule has 0 aliphatic rings. The summed E-state index contributed by atoms with van der Waals surface area (Å²) in [6.45, 7) is 0. The first-order valence-corrected chi connectivity index (χ1v) is 18.4.